The van der Waals surface area contributed by atoms with Crippen molar-refractivity contribution in [3.8, 4) is 0 Å². The average Bonchev–Trinajstić information content (AvgIpc) is 2.53. The van der Waals surface area contributed by atoms with Crippen molar-refractivity contribution in [1.29, 1.82) is 0 Å². The van der Waals surface area contributed by atoms with Gasteiger partial charge in [-0.3, -0.25) is 0 Å². The number of hydrogen-bond donors (Lipinski definition) is 4. The molecule has 0 heterocycles. The van der Waals surface area contributed by atoms with Gasteiger partial charge < -0.3 is 22.1 Å². The van der Waals surface area contributed by atoms with Gasteiger partial charge >= 0.3 is 0 Å². The van der Waals surface area contributed by atoms with E-state index >= 15 is 0 Å². The second kappa shape index (κ2) is 8.82. The third-order valence-corrected chi connectivity index (χ3v) is 3.58. The lowest BCUT2D eigenvalue weighted by Gasteiger charge is -2.08. The van der Waals surface area contributed by atoms with Crippen molar-refractivity contribution in [2.24, 2.45) is 0 Å². The van der Waals surface area contributed by atoms with Crippen LogP contribution < -0.4 is 22.1 Å². The molecule has 0 aliphatic rings. The summed E-state index contributed by atoms with van der Waals surface area (Å²) in [6, 6.07) is 15.8. The lowest BCUT2D eigenvalue weighted by molar-refractivity contribution is 0.670. The molecule has 0 atom stereocenters. The van der Waals surface area contributed by atoms with E-state index in [0.29, 0.717) is 0 Å². The Hall–Kier alpha value is -2.36. The second-order valence-corrected chi connectivity index (χ2v) is 5.51. The van der Waals surface area contributed by atoms with Crippen molar-refractivity contribution in [2.75, 3.05) is 35.2 Å². The summed E-state index contributed by atoms with van der Waals surface area (Å²) in [6.45, 7) is 2.02. The van der Waals surface area contributed by atoms with E-state index in [9.17, 15) is 0 Å². The Kier molecular flexibility index (Phi) is 6.42. The van der Waals surface area contributed by atoms with E-state index in [4.69, 9.17) is 11.5 Å². The Bertz CT molecular complexity index is 483. The van der Waals surface area contributed by atoms with Crippen LogP contribution in [0.1, 0.15) is 25.7 Å². The maximum absolute atomic E-state index is 5.66. The van der Waals surface area contributed by atoms with Crippen LogP contribution in [0.25, 0.3) is 0 Å². The molecule has 0 saturated heterocycles. The summed E-state index contributed by atoms with van der Waals surface area (Å²) < 4.78 is 0. The molecule has 0 radical (unpaired) electrons. The molecule has 118 valence electrons. The van der Waals surface area contributed by atoms with Crippen LogP contribution in [-0.2, 0) is 0 Å². The van der Waals surface area contributed by atoms with Crippen molar-refractivity contribution in [2.45, 2.75) is 25.7 Å². The van der Waals surface area contributed by atoms with Gasteiger partial charge in [-0.05, 0) is 61.4 Å². The van der Waals surface area contributed by atoms with Crippen LogP contribution in [0.3, 0.4) is 0 Å². The lowest BCUT2D eigenvalue weighted by Crippen LogP contribution is -2.03. The number of nitrogens with one attached hydrogen (secondary N) is 2. The van der Waals surface area contributed by atoms with Crippen LogP contribution >= 0.6 is 0 Å². The highest BCUT2D eigenvalue weighted by atomic mass is 14.9. The zero-order valence-corrected chi connectivity index (χ0v) is 13.0. The van der Waals surface area contributed by atoms with Crippen LogP contribution in [0.15, 0.2) is 48.5 Å². The molecule has 0 aromatic heterocycles. The smallest absolute Gasteiger partial charge is 0.0341 e. The van der Waals surface area contributed by atoms with Crippen LogP contribution in [0.2, 0.25) is 0 Å². The fraction of sp³-hybridized carbons (Fsp3) is 0.333. The molecule has 0 aliphatic heterocycles. The molecule has 0 bridgehead atoms. The number of rotatable bonds is 9. The quantitative estimate of drug-likeness (QED) is 0.418. The van der Waals surface area contributed by atoms with Gasteiger partial charge in [0, 0.05) is 35.8 Å². The van der Waals surface area contributed by atoms with Crippen molar-refractivity contribution >= 4 is 22.7 Å². The number of nitrogen functional groups attached to an aromatic ring is 2. The van der Waals surface area contributed by atoms with Gasteiger partial charge in [-0.1, -0.05) is 12.8 Å². The number of unbranched alkanes of at least 4 members (excludes halogenated alkanes) is 3. The van der Waals surface area contributed by atoms with E-state index in [1.165, 1.54) is 25.7 Å². The van der Waals surface area contributed by atoms with Gasteiger partial charge in [0.2, 0.25) is 0 Å². The van der Waals surface area contributed by atoms with E-state index in [-0.39, 0.29) is 0 Å². The highest BCUT2D eigenvalue weighted by molar-refractivity contribution is 5.51. The SMILES string of the molecule is Nc1ccc(NCCCCCCNc2ccc(N)cc2)cc1. The first-order chi connectivity index (χ1) is 10.7. The molecule has 0 amide bonds. The standard InChI is InChI=1S/C18H26N4/c19-15-5-9-17(10-6-15)21-13-3-1-2-4-14-22-18-11-7-16(20)8-12-18/h5-12,21-22H,1-4,13-14,19-20H2. The Labute approximate surface area is 132 Å². The Morgan fingerprint density at radius 3 is 1.27 bits per heavy atom. The minimum Gasteiger partial charge on any atom is -0.399 e. The van der Waals surface area contributed by atoms with Gasteiger partial charge in [0.15, 0.2) is 0 Å². The molecule has 0 fully saturated rings. The van der Waals surface area contributed by atoms with Crippen LogP contribution in [0, 0.1) is 0 Å². The zero-order chi connectivity index (χ0) is 15.6. The summed E-state index contributed by atoms with van der Waals surface area (Å²) in [4.78, 5) is 0. The minimum absolute atomic E-state index is 0.805. The van der Waals surface area contributed by atoms with Gasteiger partial charge in [0.25, 0.3) is 0 Å². The maximum atomic E-state index is 5.66. The molecule has 0 spiro atoms. The molecule has 2 aromatic carbocycles. The largest absolute Gasteiger partial charge is 0.399 e. The highest BCUT2D eigenvalue weighted by Crippen LogP contribution is 2.12. The lowest BCUT2D eigenvalue weighted by atomic mass is 10.2. The number of hydrogen-bond acceptors (Lipinski definition) is 4. The summed E-state index contributed by atoms with van der Waals surface area (Å²) in [6.07, 6.45) is 4.86. The van der Waals surface area contributed by atoms with Crippen molar-refractivity contribution in [3.63, 3.8) is 0 Å². The van der Waals surface area contributed by atoms with Crippen LogP contribution in [0.5, 0.6) is 0 Å². The van der Waals surface area contributed by atoms with E-state index in [2.05, 4.69) is 10.6 Å². The zero-order valence-electron chi connectivity index (χ0n) is 13.0. The molecule has 0 unspecified atom stereocenters. The fourth-order valence-electron chi connectivity index (χ4n) is 2.27. The minimum atomic E-state index is 0.805. The predicted molar refractivity (Wildman–Crippen MR) is 97.2 cm³/mol. The molecule has 0 saturated carbocycles. The normalized spacial score (nSPS) is 10.4. The fourth-order valence-corrected chi connectivity index (χ4v) is 2.27. The molecule has 2 rings (SSSR count). The predicted octanol–water partition coefficient (Wildman–Crippen LogP) is 3.94. The average molecular weight is 298 g/mol. The second-order valence-electron chi connectivity index (χ2n) is 5.51. The Morgan fingerprint density at radius 2 is 0.909 bits per heavy atom. The third kappa shape index (κ3) is 5.95. The summed E-state index contributed by atoms with van der Waals surface area (Å²) in [5.41, 5.74) is 15.2. The molecule has 4 nitrogen and oxygen atoms in total. The maximum Gasteiger partial charge on any atom is 0.0341 e. The molecule has 6 N–H and O–H groups in total. The van der Waals surface area contributed by atoms with E-state index in [0.717, 1.165) is 35.8 Å². The first-order valence-corrected chi connectivity index (χ1v) is 7.93. The van der Waals surface area contributed by atoms with E-state index in [1.807, 2.05) is 48.5 Å². The first-order valence-electron chi connectivity index (χ1n) is 7.93. The highest BCUT2D eigenvalue weighted by Gasteiger charge is 1.94. The summed E-state index contributed by atoms with van der Waals surface area (Å²) in [5, 5.41) is 6.82. The Balaban J connectivity index is 1.47. The topological polar surface area (TPSA) is 76.1 Å². The third-order valence-electron chi connectivity index (χ3n) is 3.58. The molecule has 4 heteroatoms. The molecular formula is C18H26N4. The Morgan fingerprint density at radius 1 is 0.545 bits per heavy atom. The van der Waals surface area contributed by atoms with Gasteiger partial charge in [-0.25, -0.2) is 0 Å². The van der Waals surface area contributed by atoms with Crippen molar-refractivity contribution < 1.29 is 0 Å². The van der Waals surface area contributed by atoms with E-state index in [1.54, 1.807) is 0 Å². The van der Waals surface area contributed by atoms with Crippen molar-refractivity contribution in [3.05, 3.63) is 48.5 Å². The van der Waals surface area contributed by atoms with E-state index < -0.39 is 0 Å². The number of anilines is 4. The number of nitrogens with two attached hydrogens (primary N) is 2. The van der Waals surface area contributed by atoms with Gasteiger partial charge in [-0.2, -0.15) is 0 Å². The molecule has 2 aromatic rings. The van der Waals surface area contributed by atoms with Gasteiger partial charge in [0.1, 0.15) is 0 Å². The molecule has 22 heavy (non-hydrogen) atoms. The molecule has 0 aliphatic carbocycles. The van der Waals surface area contributed by atoms with Crippen LogP contribution in [-0.4, -0.2) is 13.1 Å². The monoisotopic (exact) mass is 298 g/mol. The summed E-state index contributed by atoms with van der Waals surface area (Å²) in [5.74, 6) is 0. The first kappa shape index (κ1) is 16.0. The summed E-state index contributed by atoms with van der Waals surface area (Å²) in [7, 11) is 0. The molecular weight excluding hydrogens is 272 g/mol. The van der Waals surface area contributed by atoms with Crippen molar-refractivity contribution in [1.82, 2.24) is 0 Å². The van der Waals surface area contributed by atoms with Gasteiger partial charge in [0.05, 0.1) is 0 Å². The summed E-state index contributed by atoms with van der Waals surface area (Å²) >= 11 is 0. The van der Waals surface area contributed by atoms with Crippen LogP contribution in [0.4, 0.5) is 22.7 Å². The van der Waals surface area contributed by atoms with Gasteiger partial charge in [-0.15, -0.1) is 0 Å². The number of benzene rings is 2.